The van der Waals surface area contributed by atoms with E-state index in [2.05, 4.69) is 0 Å². The van der Waals surface area contributed by atoms with E-state index in [1.165, 1.54) is 6.92 Å². The first-order valence-electron chi connectivity index (χ1n) is 7.19. The minimum Gasteiger partial charge on any atom is -0.482 e. The monoisotopic (exact) mass is 328 g/mol. The fraction of sp³-hybridized carbons (Fsp3) is 0.500. The van der Waals surface area contributed by atoms with Gasteiger partial charge in [0.05, 0.1) is 6.61 Å². The zero-order valence-corrected chi connectivity index (χ0v) is 13.8. The molecule has 0 amide bonds. The Labute approximate surface area is 135 Å². The summed E-state index contributed by atoms with van der Waals surface area (Å²) in [6, 6.07) is 5.08. The minimum atomic E-state index is -0.945. The van der Waals surface area contributed by atoms with Crippen LogP contribution in [0.15, 0.2) is 18.2 Å². The second-order valence-electron chi connectivity index (χ2n) is 4.85. The highest BCUT2D eigenvalue weighted by atomic mass is 35.5. The number of hydrogen-bond donors (Lipinski definition) is 0. The third-order valence-corrected chi connectivity index (χ3v) is 3.10. The second kappa shape index (κ2) is 9.30. The minimum absolute atomic E-state index is 0.283. The van der Waals surface area contributed by atoms with Crippen molar-refractivity contribution in [2.24, 2.45) is 0 Å². The van der Waals surface area contributed by atoms with Gasteiger partial charge in [-0.25, -0.2) is 9.59 Å². The molecule has 22 heavy (non-hydrogen) atoms. The van der Waals surface area contributed by atoms with Crippen molar-refractivity contribution in [1.29, 1.82) is 0 Å². The topological polar surface area (TPSA) is 61.8 Å². The summed E-state index contributed by atoms with van der Waals surface area (Å²) in [6.07, 6.45) is 0.764. The van der Waals surface area contributed by atoms with Crippen molar-refractivity contribution in [3.8, 4) is 5.75 Å². The van der Waals surface area contributed by atoms with Gasteiger partial charge in [-0.15, -0.1) is 0 Å². The smallest absolute Gasteiger partial charge is 0.347 e. The van der Waals surface area contributed by atoms with Crippen molar-refractivity contribution >= 4 is 23.5 Å². The van der Waals surface area contributed by atoms with Crippen molar-refractivity contribution in [2.75, 3.05) is 13.2 Å². The Kier molecular flexibility index (Phi) is 7.74. The number of benzene rings is 1. The van der Waals surface area contributed by atoms with Crippen LogP contribution in [-0.2, 0) is 19.1 Å². The lowest BCUT2D eigenvalue weighted by Crippen LogP contribution is -2.29. The van der Waals surface area contributed by atoms with Crippen LogP contribution in [0.5, 0.6) is 5.75 Å². The van der Waals surface area contributed by atoms with Crippen LogP contribution in [0.4, 0.5) is 0 Å². The zero-order valence-electron chi connectivity index (χ0n) is 13.1. The maximum absolute atomic E-state index is 11.7. The molecule has 0 aromatic heterocycles. The highest BCUT2D eigenvalue weighted by molar-refractivity contribution is 6.30. The molecule has 0 saturated heterocycles. The SMILES string of the molecule is CCCCOC(=O)[C@H](C)OC(=O)COc1ccc(Cl)cc1C. The predicted molar refractivity (Wildman–Crippen MR) is 83.1 cm³/mol. The first-order chi connectivity index (χ1) is 10.4. The van der Waals surface area contributed by atoms with Crippen LogP contribution < -0.4 is 4.74 Å². The molecule has 0 saturated carbocycles. The Bertz CT molecular complexity index is 515. The molecule has 0 fully saturated rings. The molecule has 0 spiro atoms. The normalized spacial score (nSPS) is 11.6. The Hall–Kier alpha value is -1.75. The Balaban J connectivity index is 2.37. The molecule has 5 nitrogen and oxygen atoms in total. The summed E-state index contributed by atoms with van der Waals surface area (Å²) in [6.45, 7) is 5.33. The highest BCUT2D eigenvalue weighted by Gasteiger charge is 2.19. The van der Waals surface area contributed by atoms with Crippen molar-refractivity contribution in [1.82, 2.24) is 0 Å². The van der Waals surface area contributed by atoms with E-state index < -0.39 is 18.0 Å². The molecule has 0 aliphatic heterocycles. The summed E-state index contributed by atoms with van der Waals surface area (Å²) in [4.78, 5) is 23.2. The van der Waals surface area contributed by atoms with Crippen LogP contribution >= 0.6 is 11.6 Å². The maximum atomic E-state index is 11.7. The van der Waals surface area contributed by atoms with Gasteiger partial charge in [0.1, 0.15) is 5.75 Å². The van der Waals surface area contributed by atoms with Crippen LogP contribution in [-0.4, -0.2) is 31.3 Å². The zero-order chi connectivity index (χ0) is 16.5. The molecule has 0 N–H and O–H groups in total. The number of esters is 2. The van der Waals surface area contributed by atoms with Gasteiger partial charge < -0.3 is 14.2 Å². The molecule has 122 valence electrons. The van der Waals surface area contributed by atoms with E-state index >= 15 is 0 Å². The molecule has 0 heterocycles. The summed E-state index contributed by atoms with van der Waals surface area (Å²) in [5.41, 5.74) is 0.812. The molecule has 6 heteroatoms. The standard InChI is InChI=1S/C16H21ClO5/c1-4-5-8-20-16(19)12(3)22-15(18)10-21-14-7-6-13(17)9-11(14)2/h6-7,9,12H,4-5,8,10H2,1-3H3/t12-/m0/s1. The van der Waals surface area contributed by atoms with Crippen LogP contribution in [0.3, 0.4) is 0 Å². The number of ether oxygens (including phenoxy) is 3. The predicted octanol–water partition coefficient (Wildman–Crippen LogP) is 3.30. The van der Waals surface area contributed by atoms with E-state index in [1.807, 2.05) is 13.8 Å². The van der Waals surface area contributed by atoms with Gasteiger partial charge in [-0.05, 0) is 44.0 Å². The van der Waals surface area contributed by atoms with Crippen molar-refractivity contribution in [2.45, 2.75) is 39.7 Å². The lowest BCUT2D eigenvalue weighted by atomic mass is 10.2. The Morgan fingerprint density at radius 2 is 2.05 bits per heavy atom. The molecule has 1 rings (SSSR count). The number of rotatable bonds is 8. The largest absolute Gasteiger partial charge is 0.482 e. The van der Waals surface area contributed by atoms with Crippen LogP contribution in [0.2, 0.25) is 5.02 Å². The fourth-order valence-corrected chi connectivity index (χ4v) is 1.85. The third-order valence-electron chi connectivity index (χ3n) is 2.86. The van der Waals surface area contributed by atoms with Crippen molar-refractivity contribution in [3.63, 3.8) is 0 Å². The average molecular weight is 329 g/mol. The molecule has 1 atom stereocenters. The van der Waals surface area contributed by atoms with Crippen LogP contribution in [0.1, 0.15) is 32.3 Å². The molecule has 0 aliphatic carbocycles. The average Bonchev–Trinajstić information content (AvgIpc) is 2.46. The van der Waals surface area contributed by atoms with E-state index in [-0.39, 0.29) is 6.61 Å². The summed E-state index contributed by atoms with van der Waals surface area (Å²) < 4.78 is 15.3. The number of carbonyl (C=O) groups is 2. The number of carbonyl (C=O) groups excluding carboxylic acids is 2. The molecule has 0 radical (unpaired) electrons. The van der Waals surface area contributed by atoms with Gasteiger partial charge in [-0.3, -0.25) is 0 Å². The van der Waals surface area contributed by atoms with Gasteiger partial charge >= 0.3 is 11.9 Å². The van der Waals surface area contributed by atoms with Crippen LogP contribution in [0, 0.1) is 6.92 Å². The van der Waals surface area contributed by atoms with Gasteiger partial charge in [-0.1, -0.05) is 24.9 Å². The molecule has 0 aliphatic rings. The van der Waals surface area contributed by atoms with Crippen molar-refractivity contribution < 1.29 is 23.8 Å². The summed E-state index contributed by atoms with van der Waals surface area (Å²) >= 11 is 5.84. The quantitative estimate of drug-likeness (QED) is 0.541. The molecule has 0 unspecified atom stereocenters. The van der Waals surface area contributed by atoms with Gasteiger partial charge in [0.15, 0.2) is 12.7 Å². The van der Waals surface area contributed by atoms with Gasteiger partial charge in [0.2, 0.25) is 0 Å². The summed E-state index contributed by atoms with van der Waals surface area (Å²) in [7, 11) is 0. The molecule has 1 aromatic carbocycles. The van der Waals surface area contributed by atoms with Gasteiger partial charge in [-0.2, -0.15) is 0 Å². The van der Waals surface area contributed by atoms with E-state index in [0.717, 1.165) is 18.4 Å². The maximum Gasteiger partial charge on any atom is 0.347 e. The number of aryl methyl sites for hydroxylation is 1. The van der Waals surface area contributed by atoms with Gasteiger partial charge in [0.25, 0.3) is 0 Å². The van der Waals surface area contributed by atoms with E-state index in [9.17, 15) is 9.59 Å². The van der Waals surface area contributed by atoms with E-state index in [0.29, 0.717) is 17.4 Å². The molecule has 1 aromatic rings. The van der Waals surface area contributed by atoms with E-state index in [1.54, 1.807) is 18.2 Å². The number of unbranched alkanes of at least 4 members (excludes halogenated alkanes) is 1. The lowest BCUT2D eigenvalue weighted by Gasteiger charge is -2.13. The Morgan fingerprint density at radius 3 is 2.68 bits per heavy atom. The van der Waals surface area contributed by atoms with Crippen LogP contribution in [0.25, 0.3) is 0 Å². The summed E-state index contributed by atoms with van der Waals surface area (Å²) in [5.74, 6) is -0.640. The number of hydrogen-bond acceptors (Lipinski definition) is 5. The fourth-order valence-electron chi connectivity index (χ4n) is 1.63. The second-order valence-corrected chi connectivity index (χ2v) is 5.29. The third kappa shape index (κ3) is 6.35. The first kappa shape index (κ1) is 18.3. The molecular formula is C16H21ClO5. The van der Waals surface area contributed by atoms with E-state index in [4.69, 9.17) is 25.8 Å². The van der Waals surface area contributed by atoms with Crippen molar-refractivity contribution in [3.05, 3.63) is 28.8 Å². The van der Waals surface area contributed by atoms with Gasteiger partial charge in [0, 0.05) is 5.02 Å². The molecule has 0 bridgehead atoms. The summed E-state index contributed by atoms with van der Waals surface area (Å²) in [5, 5.41) is 0.593. The lowest BCUT2D eigenvalue weighted by molar-refractivity contribution is -0.167. The molecular weight excluding hydrogens is 308 g/mol. The number of halogens is 1. The highest BCUT2D eigenvalue weighted by Crippen LogP contribution is 2.21. The Morgan fingerprint density at radius 1 is 1.32 bits per heavy atom. The first-order valence-corrected chi connectivity index (χ1v) is 7.57.